The average molecular weight is 752 g/mol. The molecule has 2 aromatic carbocycles. The quantitative estimate of drug-likeness (QED) is 0.161. The summed E-state index contributed by atoms with van der Waals surface area (Å²) in [7, 11) is 0. The van der Waals surface area contributed by atoms with Crippen molar-refractivity contribution in [1.82, 2.24) is 25.7 Å². The Morgan fingerprint density at radius 1 is 0.722 bits per heavy atom. The summed E-state index contributed by atoms with van der Waals surface area (Å²) >= 11 is 0. The molecule has 1 unspecified atom stereocenters. The van der Waals surface area contributed by atoms with Crippen LogP contribution >= 0.6 is 0 Å². The van der Waals surface area contributed by atoms with Crippen molar-refractivity contribution in [3.63, 3.8) is 0 Å². The largest absolute Gasteiger partial charge is 0.416 e. The van der Waals surface area contributed by atoms with Crippen molar-refractivity contribution in [2.24, 2.45) is 5.92 Å². The highest BCUT2D eigenvalue weighted by Gasteiger charge is 2.32. The number of amides is 3. The summed E-state index contributed by atoms with van der Waals surface area (Å²) < 4.78 is 53.0. The lowest BCUT2D eigenvalue weighted by Gasteiger charge is -2.34. The number of rotatable bonds is 14. The summed E-state index contributed by atoms with van der Waals surface area (Å²) in [5.41, 5.74) is 0.690. The van der Waals surface area contributed by atoms with Crippen molar-refractivity contribution in [2.75, 3.05) is 6.61 Å². The highest BCUT2D eigenvalue weighted by Crippen LogP contribution is 2.30. The van der Waals surface area contributed by atoms with E-state index in [1.165, 1.54) is 42.1 Å². The first kappa shape index (κ1) is 39.5. The van der Waals surface area contributed by atoms with Gasteiger partial charge in [0.25, 0.3) is 11.8 Å². The van der Waals surface area contributed by atoms with E-state index in [9.17, 15) is 27.6 Å². The van der Waals surface area contributed by atoms with Crippen molar-refractivity contribution in [3.8, 4) is 0 Å². The molecule has 0 saturated heterocycles. The molecule has 3 saturated carbocycles. The lowest BCUT2D eigenvalue weighted by Crippen LogP contribution is -2.48. The third kappa shape index (κ3) is 11.2. The molecule has 1 aromatic heterocycles. The van der Waals surface area contributed by atoms with Crippen LogP contribution in [0.15, 0.2) is 60.7 Å². The van der Waals surface area contributed by atoms with Gasteiger partial charge in [-0.3, -0.25) is 14.4 Å². The van der Waals surface area contributed by atoms with Gasteiger partial charge in [0.2, 0.25) is 5.91 Å². The zero-order chi connectivity index (χ0) is 37.9. The average Bonchev–Trinajstić information content (AvgIpc) is 3.60. The molecule has 3 N–H and O–H groups in total. The number of hydrogen-bond acceptors (Lipinski definition) is 6. The summed E-state index contributed by atoms with van der Waals surface area (Å²) in [5.74, 6) is -0.920. The van der Waals surface area contributed by atoms with Crippen LogP contribution in [-0.2, 0) is 40.1 Å². The monoisotopic (exact) mass is 751 g/mol. The summed E-state index contributed by atoms with van der Waals surface area (Å²) in [4.78, 5) is 40.8. The number of halogens is 3. The van der Waals surface area contributed by atoms with E-state index in [4.69, 9.17) is 9.47 Å². The molecule has 0 bridgehead atoms. The fraction of sp³-hybridized carbons (Fsp3) is 0.561. The molecule has 3 aliphatic rings. The number of hydrogen-bond donors (Lipinski definition) is 3. The standard InChI is InChI=1S/C41H52F3N5O5/c42-41(43,44)31-21-19-28(20-22-31)24-45-39(51)34-23-35(40(52)47-33-16-8-10-18-37(33)54-27-30-13-5-2-6-14-30)49(48-34)25-38(50)46-32-15-7-9-17-36(32)53-26-29-11-3-1-4-12-29/h1,3-4,11-12,19-23,30,32-33,36-37H,2,5-10,13-18,24-27H2,(H,45,51)(H,46,50)(H,47,52)/t32-,33-,36?,37-/m0/s1. The Labute approximate surface area is 314 Å². The minimum atomic E-state index is -4.47. The second-order valence-corrected chi connectivity index (χ2v) is 15.0. The minimum Gasteiger partial charge on any atom is -0.376 e. The van der Waals surface area contributed by atoms with Gasteiger partial charge in [0.05, 0.1) is 36.5 Å². The zero-order valence-corrected chi connectivity index (χ0v) is 30.8. The van der Waals surface area contributed by atoms with E-state index in [0.717, 1.165) is 81.9 Å². The van der Waals surface area contributed by atoms with Crippen molar-refractivity contribution < 1.29 is 37.0 Å². The van der Waals surface area contributed by atoms with Gasteiger partial charge in [-0.15, -0.1) is 0 Å². The van der Waals surface area contributed by atoms with E-state index in [-0.39, 0.29) is 54.7 Å². The third-order valence-corrected chi connectivity index (χ3v) is 10.9. The number of nitrogens with one attached hydrogen (secondary N) is 3. The van der Waals surface area contributed by atoms with Crippen molar-refractivity contribution in [2.45, 2.75) is 134 Å². The number of nitrogens with zero attached hydrogens (tertiary/aromatic N) is 2. The Morgan fingerprint density at radius 3 is 2.04 bits per heavy atom. The van der Waals surface area contributed by atoms with Crippen molar-refractivity contribution in [3.05, 3.63) is 88.7 Å². The molecule has 10 nitrogen and oxygen atoms in total. The first-order chi connectivity index (χ1) is 26.1. The van der Waals surface area contributed by atoms with Crippen LogP contribution in [0.2, 0.25) is 0 Å². The predicted molar refractivity (Wildman–Crippen MR) is 196 cm³/mol. The summed E-state index contributed by atoms with van der Waals surface area (Å²) in [6.07, 6.45) is 8.31. The molecule has 292 valence electrons. The van der Waals surface area contributed by atoms with E-state index >= 15 is 0 Å². The Kier molecular flexibility index (Phi) is 13.8. The highest BCUT2D eigenvalue weighted by molar-refractivity contribution is 5.98. The number of aromatic nitrogens is 2. The Balaban J connectivity index is 1.14. The Bertz CT molecular complexity index is 1680. The van der Waals surface area contributed by atoms with E-state index in [1.807, 2.05) is 30.3 Å². The summed E-state index contributed by atoms with van der Waals surface area (Å²) in [6, 6.07) is 15.3. The van der Waals surface area contributed by atoms with Gasteiger partial charge in [-0.1, -0.05) is 87.4 Å². The van der Waals surface area contributed by atoms with Gasteiger partial charge in [-0.25, -0.2) is 4.68 Å². The van der Waals surface area contributed by atoms with Crippen molar-refractivity contribution >= 4 is 17.7 Å². The molecule has 54 heavy (non-hydrogen) atoms. The second kappa shape index (κ2) is 18.9. The maximum absolute atomic E-state index is 14.0. The molecule has 6 rings (SSSR count). The maximum atomic E-state index is 14.0. The molecule has 0 aliphatic heterocycles. The fourth-order valence-corrected chi connectivity index (χ4v) is 7.86. The van der Waals surface area contributed by atoms with Gasteiger partial charge in [0.1, 0.15) is 12.2 Å². The molecule has 3 aromatic rings. The van der Waals surface area contributed by atoms with Crippen LogP contribution in [-0.4, -0.2) is 58.4 Å². The molecule has 13 heteroatoms. The molecule has 1 heterocycles. The van der Waals surface area contributed by atoms with Gasteiger partial charge in [0, 0.05) is 19.2 Å². The smallest absolute Gasteiger partial charge is 0.376 e. The summed E-state index contributed by atoms with van der Waals surface area (Å²) in [5, 5.41) is 13.3. The molecule has 0 spiro atoms. The number of ether oxygens (including phenoxy) is 2. The van der Waals surface area contributed by atoms with Crippen molar-refractivity contribution in [1.29, 1.82) is 0 Å². The van der Waals surface area contributed by atoms with Crippen LogP contribution in [0, 0.1) is 5.92 Å². The molecular formula is C41H52F3N5O5. The topological polar surface area (TPSA) is 124 Å². The van der Waals surface area contributed by atoms with Crippen LogP contribution in [0.3, 0.4) is 0 Å². The molecule has 3 aliphatic carbocycles. The molecule has 3 fully saturated rings. The highest BCUT2D eigenvalue weighted by atomic mass is 19.4. The number of carbonyl (C=O) groups is 3. The van der Waals surface area contributed by atoms with E-state index in [1.54, 1.807) is 0 Å². The second-order valence-electron chi connectivity index (χ2n) is 15.0. The molecule has 4 atom stereocenters. The third-order valence-electron chi connectivity index (χ3n) is 10.9. The number of carbonyl (C=O) groups excluding carboxylic acids is 3. The molecule has 0 radical (unpaired) electrons. The lowest BCUT2D eigenvalue weighted by molar-refractivity contribution is -0.137. The zero-order valence-electron chi connectivity index (χ0n) is 30.8. The Morgan fingerprint density at radius 2 is 1.35 bits per heavy atom. The van der Waals surface area contributed by atoms with Crippen LogP contribution in [0.25, 0.3) is 0 Å². The maximum Gasteiger partial charge on any atom is 0.416 e. The van der Waals surface area contributed by atoms with Crippen LogP contribution in [0.4, 0.5) is 13.2 Å². The van der Waals surface area contributed by atoms with Gasteiger partial charge < -0.3 is 25.4 Å². The van der Waals surface area contributed by atoms with Gasteiger partial charge in [-0.2, -0.15) is 18.3 Å². The van der Waals surface area contributed by atoms with E-state index in [2.05, 4.69) is 21.0 Å². The molecule has 3 amide bonds. The molecular weight excluding hydrogens is 699 g/mol. The first-order valence-electron chi connectivity index (χ1n) is 19.5. The normalized spacial score (nSPS) is 22.4. The number of benzene rings is 2. The van der Waals surface area contributed by atoms with E-state index in [0.29, 0.717) is 24.7 Å². The fourth-order valence-electron chi connectivity index (χ4n) is 7.86. The van der Waals surface area contributed by atoms with Crippen LogP contribution in [0.5, 0.6) is 0 Å². The SMILES string of the molecule is O=C(Cn1nc(C(=O)NCc2ccc(C(F)(F)F)cc2)cc1C(=O)N[C@H]1CCCC[C@@H]1OCC1CCCCC1)N[C@H]1CCCCC1OCc1ccccc1. The van der Waals surface area contributed by atoms with Gasteiger partial charge >= 0.3 is 6.18 Å². The lowest BCUT2D eigenvalue weighted by atomic mass is 9.89. The Hall–Kier alpha value is -4.23. The van der Waals surface area contributed by atoms with Gasteiger partial charge in [-0.05, 0) is 67.7 Å². The van der Waals surface area contributed by atoms with Crippen LogP contribution < -0.4 is 16.0 Å². The summed E-state index contributed by atoms with van der Waals surface area (Å²) in [6.45, 7) is 0.748. The number of alkyl halides is 3. The van der Waals surface area contributed by atoms with Gasteiger partial charge in [0.15, 0.2) is 5.69 Å². The minimum absolute atomic E-state index is 0.0556. The first-order valence-corrected chi connectivity index (χ1v) is 19.5. The van der Waals surface area contributed by atoms with Crippen LogP contribution in [0.1, 0.15) is 121 Å². The predicted octanol–water partition coefficient (Wildman–Crippen LogP) is 7.11. The van der Waals surface area contributed by atoms with E-state index < -0.39 is 23.6 Å².